The van der Waals surface area contributed by atoms with Crippen molar-refractivity contribution in [1.82, 2.24) is 4.90 Å². The number of hydrogen-bond acceptors (Lipinski definition) is 4. The van der Waals surface area contributed by atoms with Crippen molar-refractivity contribution in [2.75, 3.05) is 26.2 Å². The van der Waals surface area contributed by atoms with E-state index in [2.05, 4.69) is 15.9 Å². The summed E-state index contributed by atoms with van der Waals surface area (Å²) in [5, 5.41) is 0.979. The Balaban J connectivity index is 1.66. The van der Waals surface area contributed by atoms with Gasteiger partial charge in [-0.15, -0.1) is 0 Å². The number of piperidine rings is 1. The molecule has 1 saturated heterocycles. The summed E-state index contributed by atoms with van der Waals surface area (Å²) < 4.78 is 12.6. The molecule has 6 heteroatoms. The average molecular weight is 395 g/mol. The first-order chi connectivity index (χ1) is 11.6. The molecule has 0 radical (unpaired) electrons. The molecule has 0 unspecified atom stereocenters. The predicted molar refractivity (Wildman–Crippen MR) is 97.2 cm³/mol. The smallest absolute Gasteiger partial charge is 0.289 e. The van der Waals surface area contributed by atoms with Crippen molar-refractivity contribution in [3.05, 3.63) is 34.0 Å². The van der Waals surface area contributed by atoms with Crippen LogP contribution in [0.15, 0.2) is 27.1 Å². The number of amides is 1. The van der Waals surface area contributed by atoms with Gasteiger partial charge in [0.05, 0.1) is 6.10 Å². The lowest BCUT2D eigenvalue weighted by molar-refractivity contribution is 0.00767. The summed E-state index contributed by atoms with van der Waals surface area (Å²) in [6.07, 6.45) is 2.84. The Kier molecular flexibility index (Phi) is 5.58. The number of ether oxygens (including phenoxy) is 1. The van der Waals surface area contributed by atoms with Crippen molar-refractivity contribution in [3.8, 4) is 0 Å². The van der Waals surface area contributed by atoms with Gasteiger partial charge >= 0.3 is 0 Å². The highest BCUT2D eigenvalue weighted by atomic mass is 79.9. The van der Waals surface area contributed by atoms with Gasteiger partial charge in [-0.3, -0.25) is 4.79 Å². The molecule has 24 heavy (non-hydrogen) atoms. The van der Waals surface area contributed by atoms with E-state index in [-0.39, 0.29) is 12.0 Å². The highest BCUT2D eigenvalue weighted by Crippen LogP contribution is 2.29. The van der Waals surface area contributed by atoms with Crippen LogP contribution in [0.1, 0.15) is 35.4 Å². The van der Waals surface area contributed by atoms with Crippen LogP contribution in [-0.2, 0) is 4.74 Å². The molecule has 1 aliphatic rings. The molecule has 2 aromatic rings. The highest BCUT2D eigenvalue weighted by molar-refractivity contribution is 9.10. The summed E-state index contributed by atoms with van der Waals surface area (Å²) in [6.45, 7) is 4.69. The molecule has 0 saturated carbocycles. The van der Waals surface area contributed by atoms with Gasteiger partial charge in [0.25, 0.3) is 5.91 Å². The maximum absolute atomic E-state index is 12.8. The first-order valence-electron chi connectivity index (χ1n) is 8.39. The molecule has 2 heterocycles. The quantitative estimate of drug-likeness (QED) is 0.788. The number of nitrogens with two attached hydrogens (primary N) is 1. The zero-order valence-corrected chi connectivity index (χ0v) is 15.5. The SMILES string of the molecule is Cc1c(C(=O)N2CCC(OCCCN)CC2)oc2ccc(Br)cc12. The van der Waals surface area contributed by atoms with Crippen LogP contribution < -0.4 is 5.73 Å². The van der Waals surface area contributed by atoms with Gasteiger partial charge in [-0.2, -0.15) is 0 Å². The van der Waals surface area contributed by atoms with Gasteiger partial charge in [0.2, 0.25) is 0 Å². The third-order valence-corrected chi connectivity index (χ3v) is 5.02. The molecule has 0 aliphatic carbocycles. The summed E-state index contributed by atoms with van der Waals surface area (Å²) >= 11 is 3.46. The van der Waals surface area contributed by atoms with E-state index in [1.165, 1.54) is 0 Å². The first kappa shape index (κ1) is 17.5. The van der Waals surface area contributed by atoms with Gasteiger partial charge in [0.1, 0.15) is 5.58 Å². The molecule has 1 aromatic heterocycles. The van der Waals surface area contributed by atoms with Crippen LogP contribution >= 0.6 is 15.9 Å². The van der Waals surface area contributed by atoms with E-state index in [1.807, 2.05) is 30.0 Å². The second-order valence-electron chi connectivity index (χ2n) is 6.20. The van der Waals surface area contributed by atoms with Gasteiger partial charge in [-0.25, -0.2) is 0 Å². The Labute approximate surface area is 150 Å². The molecular formula is C18H23BrN2O3. The number of halogens is 1. The summed E-state index contributed by atoms with van der Waals surface area (Å²) in [7, 11) is 0. The third-order valence-electron chi connectivity index (χ3n) is 4.52. The number of carbonyl (C=O) groups is 1. The lowest BCUT2D eigenvalue weighted by Crippen LogP contribution is -2.41. The van der Waals surface area contributed by atoms with E-state index in [9.17, 15) is 4.79 Å². The molecule has 1 fully saturated rings. The van der Waals surface area contributed by atoms with Crippen molar-refractivity contribution in [3.63, 3.8) is 0 Å². The zero-order valence-electron chi connectivity index (χ0n) is 13.9. The summed E-state index contributed by atoms with van der Waals surface area (Å²) in [6, 6.07) is 5.80. The molecule has 1 aliphatic heterocycles. The first-order valence-corrected chi connectivity index (χ1v) is 9.19. The van der Waals surface area contributed by atoms with E-state index in [1.54, 1.807) is 0 Å². The molecule has 3 rings (SSSR count). The van der Waals surface area contributed by atoms with Crippen LogP contribution in [0.5, 0.6) is 0 Å². The van der Waals surface area contributed by atoms with E-state index in [0.29, 0.717) is 32.0 Å². The molecule has 0 bridgehead atoms. The van der Waals surface area contributed by atoms with Gasteiger partial charge < -0.3 is 19.8 Å². The maximum atomic E-state index is 12.8. The van der Waals surface area contributed by atoms with Gasteiger partial charge in [0, 0.05) is 35.1 Å². The van der Waals surface area contributed by atoms with Crippen LogP contribution in [0.3, 0.4) is 0 Å². The monoisotopic (exact) mass is 394 g/mol. The number of nitrogens with zero attached hydrogens (tertiary/aromatic N) is 1. The molecule has 1 amide bonds. The van der Waals surface area contributed by atoms with Crippen LogP contribution in [0.4, 0.5) is 0 Å². The van der Waals surface area contributed by atoms with Crippen LogP contribution in [-0.4, -0.2) is 43.2 Å². The Hall–Kier alpha value is -1.37. The van der Waals surface area contributed by atoms with Crippen molar-refractivity contribution in [2.45, 2.75) is 32.3 Å². The minimum Gasteiger partial charge on any atom is -0.451 e. The lowest BCUT2D eigenvalue weighted by atomic mass is 10.1. The largest absolute Gasteiger partial charge is 0.451 e. The van der Waals surface area contributed by atoms with Crippen molar-refractivity contribution in [2.24, 2.45) is 5.73 Å². The Bertz CT molecular complexity index is 720. The average Bonchev–Trinajstić information content (AvgIpc) is 2.92. The highest BCUT2D eigenvalue weighted by Gasteiger charge is 2.27. The standard InChI is InChI=1S/C18H23BrN2O3/c1-12-15-11-13(19)3-4-16(15)24-17(12)18(22)21-8-5-14(6-9-21)23-10-2-7-20/h3-4,11,14H,2,5-10,20H2,1H3. The zero-order chi connectivity index (χ0) is 17.1. The van der Waals surface area contributed by atoms with E-state index < -0.39 is 0 Å². The molecule has 2 N–H and O–H groups in total. The van der Waals surface area contributed by atoms with Crippen molar-refractivity contribution < 1.29 is 13.9 Å². The Morgan fingerprint density at radius 2 is 2.17 bits per heavy atom. The topological polar surface area (TPSA) is 68.7 Å². The third kappa shape index (κ3) is 3.66. The number of benzene rings is 1. The molecule has 130 valence electrons. The van der Waals surface area contributed by atoms with Crippen LogP contribution in [0.2, 0.25) is 0 Å². The summed E-state index contributed by atoms with van der Waals surface area (Å²) in [5.74, 6) is 0.422. The predicted octanol–water partition coefficient (Wildman–Crippen LogP) is 3.47. The van der Waals surface area contributed by atoms with Gasteiger partial charge in [0.15, 0.2) is 5.76 Å². The van der Waals surface area contributed by atoms with Crippen LogP contribution in [0.25, 0.3) is 11.0 Å². The Morgan fingerprint density at radius 3 is 2.88 bits per heavy atom. The number of hydrogen-bond donors (Lipinski definition) is 1. The lowest BCUT2D eigenvalue weighted by Gasteiger charge is -2.31. The summed E-state index contributed by atoms with van der Waals surface area (Å²) in [4.78, 5) is 14.7. The molecule has 1 aromatic carbocycles. The van der Waals surface area contributed by atoms with E-state index in [0.717, 1.165) is 40.3 Å². The molecule has 0 atom stereocenters. The molecule has 5 nitrogen and oxygen atoms in total. The number of likely N-dealkylation sites (tertiary alicyclic amines) is 1. The molecular weight excluding hydrogens is 372 g/mol. The second kappa shape index (κ2) is 7.68. The summed E-state index contributed by atoms with van der Waals surface area (Å²) in [5.41, 5.74) is 7.13. The Morgan fingerprint density at radius 1 is 1.42 bits per heavy atom. The fourth-order valence-electron chi connectivity index (χ4n) is 3.10. The minimum atomic E-state index is -0.0276. The number of carbonyl (C=O) groups excluding carboxylic acids is 1. The molecule has 0 spiro atoms. The fraction of sp³-hybridized carbons (Fsp3) is 0.500. The second-order valence-corrected chi connectivity index (χ2v) is 7.12. The maximum Gasteiger partial charge on any atom is 0.289 e. The van der Waals surface area contributed by atoms with Gasteiger partial charge in [-0.05, 0) is 50.9 Å². The van der Waals surface area contributed by atoms with Gasteiger partial charge in [-0.1, -0.05) is 15.9 Å². The van der Waals surface area contributed by atoms with Crippen molar-refractivity contribution in [1.29, 1.82) is 0 Å². The number of aryl methyl sites for hydroxylation is 1. The fourth-order valence-corrected chi connectivity index (χ4v) is 3.46. The van der Waals surface area contributed by atoms with E-state index in [4.69, 9.17) is 14.9 Å². The number of furan rings is 1. The van der Waals surface area contributed by atoms with Crippen LogP contribution in [0, 0.1) is 6.92 Å². The van der Waals surface area contributed by atoms with E-state index >= 15 is 0 Å². The van der Waals surface area contributed by atoms with Crippen molar-refractivity contribution >= 4 is 32.8 Å². The number of fused-ring (bicyclic) bond motifs is 1. The number of rotatable bonds is 5. The minimum absolute atomic E-state index is 0.0276. The normalized spacial score (nSPS) is 16.0.